The molecule has 3 aromatic heterocycles. The molecule has 8 nitrogen and oxygen atoms in total. The number of nitrogens with zero attached hydrogens (tertiary/aromatic N) is 5. The first-order chi connectivity index (χ1) is 15.5. The summed E-state index contributed by atoms with van der Waals surface area (Å²) in [6, 6.07) is 8.62. The summed E-state index contributed by atoms with van der Waals surface area (Å²) >= 11 is 0. The predicted molar refractivity (Wildman–Crippen MR) is 117 cm³/mol. The van der Waals surface area contributed by atoms with Gasteiger partial charge < -0.3 is 15.4 Å². The number of aryl methyl sites for hydroxylation is 1. The van der Waals surface area contributed by atoms with Crippen molar-refractivity contribution in [2.75, 3.05) is 19.0 Å². The van der Waals surface area contributed by atoms with Gasteiger partial charge in [0.15, 0.2) is 0 Å². The number of fused-ring (bicyclic) bond motifs is 1. The molecule has 32 heavy (non-hydrogen) atoms. The van der Waals surface area contributed by atoms with E-state index in [2.05, 4.69) is 20.7 Å². The number of hydrogen-bond acceptors (Lipinski definition) is 6. The molecule has 1 aliphatic rings. The van der Waals surface area contributed by atoms with Gasteiger partial charge in [-0.05, 0) is 24.6 Å². The molecule has 0 aliphatic carbocycles. The van der Waals surface area contributed by atoms with Gasteiger partial charge in [-0.3, -0.25) is 9.25 Å². The molecule has 1 aliphatic heterocycles. The lowest BCUT2D eigenvalue weighted by Crippen LogP contribution is -2.28. The summed E-state index contributed by atoms with van der Waals surface area (Å²) in [5, 5.41) is 10.4. The standard InChI is InChI=1S/C22H23F2N7O/c1-30-11-13(9-27-30)15-7-18-16(8-19(15)32-2)26-12-31(18)21-5-3-4-20(29-21)28-14-6-17(22(23)24)25-10-14/h3-5,7-9,11-12,14,17,22,25H,6,10H2,1-2H3,(H,28,29). The second-order valence-electron chi connectivity index (χ2n) is 7.87. The molecule has 5 rings (SSSR count). The van der Waals surface area contributed by atoms with Crippen LogP contribution >= 0.6 is 0 Å². The summed E-state index contributed by atoms with van der Waals surface area (Å²) in [6.45, 7) is 0.475. The Morgan fingerprint density at radius 2 is 2.16 bits per heavy atom. The number of methoxy groups -OCH3 is 1. The lowest BCUT2D eigenvalue weighted by atomic mass is 10.1. The van der Waals surface area contributed by atoms with Crippen molar-refractivity contribution < 1.29 is 13.5 Å². The van der Waals surface area contributed by atoms with Crippen LogP contribution in [0.4, 0.5) is 14.6 Å². The van der Waals surface area contributed by atoms with E-state index < -0.39 is 12.5 Å². The number of anilines is 1. The minimum Gasteiger partial charge on any atom is -0.496 e. The maximum Gasteiger partial charge on any atom is 0.253 e. The first-order valence-corrected chi connectivity index (χ1v) is 10.3. The molecule has 0 radical (unpaired) electrons. The number of halogens is 2. The van der Waals surface area contributed by atoms with Gasteiger partial charge in [-0.1, -0.05) is 6.07 Å². The molecule has 1 fully saturated rings. The van der Waals surface area contributed by atoms with Crippen molar-refractivity contribution in [1.29, 1.82) is 0 Å². The van der Waals surface area contributed by atoms with E-state index >= 15 is 0 Å². The van der Waals surface area contributed by atoms with E-state index in [0.717, 1.165) is 22.2 Å². The van der Waals surface area contributed by atoms with Crippen molar-refractivity contribution >= 4 is 16.9 Å². The summed E-state index contributed by atoms with van der Waals surface area (Å²) in [5.41, 5.74) is 3.48. The number of rotatable bonds is 6. The largest absolute Gasteiger partial charge is 0.496 e. The van der Waals surface area contributed by atoms with E-state index in [0.29, 0.717) is 30.4 Å². The first kappa shape index (κ1) is 20.4. The van der Waals surface area contributed by atoms with Crippen LogP contribution in [0, 0.1) is 0 Å². The molecule has 4 aromatic rings. The van der Waals surface area contributed by atoms with E-state index in [9.17, 15) is 8.78 Å². The topological polar surface area (TPSA) is 81.8 Å². The fourth-order valence-electron chi connectivity index (χ4n) is 4.09. The fraction of sp³-hybridized carbons (Fsp3) is 0.318. The van der Waals surface area contributed by atoms with Crippen LogP contribution < -0.4 is 15.4 Å². The van der Waals surface area contributed by atoms with Crippen LogP contribution in [-0.4, -0.2) is 56.5 Å². The monoisotopic (exact) mass is 439 g/mol. The summed E-state index contributed by atoms with van der Waals surface area (Å²) in [4.78, 5) is 9.21. The summed E-state index contributed by atoms with van der Waals surface area (Å²) < 4.78 is 35.1. The molecule has 0 amide bonds. The van der Waals surface area contributed by atoms with Crippen molar-refractivity contribution in [2.24, 2.45) is 7.05 Å². The molecule has 2 unspecified atom stereocenters. The lowest BCUT2D eigenvalue weighted by molar-refractivity contribution is 0.107. The van der Waals surface area contributed by atoms with Gasteiger partial charge in [-0.25, -0.2) is 18.7 Å². The SMILES string of the molecule is COc1cc2ncn(-c3cccc(NC4CNC(C(F)F)C4)n3)c2cc1-c1cnn(C)c1. The number of nitrogens with one attached hydrogen (secondary N) is 2. The van der Waals surface area contributed by atoms with Crippen molar-refractivity contribution in [3.63, 3.8) is 0 Å². The smallest absolute Gasteiger partial charge is 0.253 e. The van der Waals surface area contributed by atoms with E-state index in [4.69, 9.17) is 9.72 Å². The van der Waals surface area contributed by atoms with Crippen LogP contribution in [0.3, 0.4) is 0 Å². The van der Waals surface area contributed by atoms with Crippen molar-refractivity contribution in [2.45, 2.75) is 24.9 Å². The second-order valence-corrected chi connectivity index (χ2v) is 7.87. The van der Waals surface area contributed by atoms with Crippen molar-refractivity contribution in [1.82, 2.24) is 29.6 Å². The molecule has 2 atom stereocenters. The van der Waals surface area contributed by atoms with Crippen LogP contribution in [0.5, 0.6) is 5.75 Å². The Hall–Kier alpha value is -3.53. The van der Waals surface area contributed by atoms with Crippen LogP contribution in [0.1, 0.15) is 6.42 Å². The number of hydrogen-bond donors (Lipinski definition) is 2. The van der Waals surface area contributed by atoms with E-state index in [-0.39, 0.29) is 6.04 Å². The molecule has 4 heterocycles. The minimum atomic E-state index is -2.37. The predicted octanol–water partition coefficient (Wildman–Crippen LogP) is 3.24. The van der Waals surface area contributed by atoms with Gasteiger partial charge in [-0.15, -0.1) is 0 Å². The lowest BCUT2D eigenvalue weighted by Gasteiger charge is -2.14. The quantitative estimate of drug-likeness (QED) is 0.480. The van der Waals surface area contributed by atoms with Gasteiger partial charge in [0.05, 0.1) is 30.4 Å². The van der Waals surface area contributed by atoms with Gasteiger partial charge in [0.2, 0.25) is 0 Å². The molecule has 2 N–H and O–H groups in total. The van der Waals surface area contributed by atoms with E-state index in [1.165, 1.54) is 0 Å². The van der Waals surface area contributed by atoms with Gasteiger partial charge in [0.25, 0.3) is 6.43 Å². The Bertz CT molecular complexity index is 1250. The average molecular weight is 439 g/mol. The number of ether oxygens (including phenoxy) is 1. The highest BCUT2D eigenvalue weighted by Crippen LogP contribution is 2.34. The number of aromatic nitrogens is 5. The zero-order chi connectivity index (χ0) is 22.2. The van der Waals surface area contributed by atoms with Crippen LogP contribution in [0.2, 0.25) is 0 Å². The molecule has 0 saturated carbocycles. The Balaban J connectivity index is 1.48. The van der Waals surface area contributed by atoms with Crippen LogP contribution in [0.25, 0.3) is 28.0 Å². The highest BCUT2D eigenvalue weighted by molar-refractivity contribution is 5.87. The third kappa shape index (κ3) is 3.77. The van der Waals surface area contributed by atoms with E-state index in [1.54, 1.807) is 24.3 Å². The van der Waals surface area contributed by atoms with E-state index in [1.807, 2.05) is 48.1 Å². The highest BCUT2D eigenvalue weighted by Gasteiger charge is 2.30. The number of alkyl halides is 2. The molecule has 166 valence electrons. The summed E-state index contributed by atoms with van der Waals surface area (Å²) in [7, 11) is 3.50. The third-order valence-corrected chi connectivity index (χ3v) is 5.69. The Morgan fingerprint density at radius 3 is 2.88 bits per heavy atom. The summed E-state index contributed by atoms with van der Waals surface area (Å²) in [6.07, 6.45) is 3.41. The van der Waals surface area contributed by atoms with Gasteiger partial charge in [0.1, 0.15) is 23.7 Å². The number of pyridine rings is 1. The molecular formula is C22H23F2N7O. The number of benzene rings is 1. The molecule has 1 aromatic carbocycles. The molecule has 10 heteroatoms. The van der Waals surface area contributed by atoms with Gasteiger partial charge >= 0.3 is 0 Å². The van der Waals surface area contributed by atoms with Crippen LogP contribution in [-0.2, 0) is 7.05 Å². The maximum atomic E-state index is 12.9. The average Bonchev–Trinajstić information content (AvgIpc) is 3.52. The fourth-order valence-corrected chi connectivity index (χ4v) is 4.09. The Labute approximate surface area is 183 Å². The molecule has 1 saturated heterocycles. The molecular weight excluding hydrogens is 416 g/mol. The van der Waals surface area contributed by atoms with Crippen LogP contribution in [0.15, 0.2) is 49.1 Å². The molecule has 0 bridgehead atoms. The van der Waals surface area contributed by atoms with Crippen molar-refractivity contribution in [3.05, 3.63) is 49.1 Å². The first-order valence-electron chi connectivity index (χ1n) is 10.3. The minimum absolute atomic E-state index is 0.0993. The Morgan fingerprint density at radius 1 is 1.28 bits per heavy atom. The highest BCUT2D eigenvalue weighted by atomic mass is 19.3. The van der Waals surface area contributed by atoms with Gasteiger partial charge in [-0.2, -0.15) is 5.10 Å². The second kappa shape index (κ2) is 8.19. The number of imidazole rings is 1. The maximum absolute atomic E-state index is 12.9. The third-order valence-electron chi connectivity index (χ3n) is 5.69. The Kier molecular flexibility index (Phi) is 5.22. The normalized spacial score (nSPS) is 18.5. The zero-order valence-corrected chi connectivity index (χ0v) is 17.7. The van der Waals surface area contributed by atoms with Crippen molar-refractivity contribution in [3.8, 4) is 22.7 Å². The zero-order valence-electron chi connectivity index (χ0n) is 17.7. The summed E-state index contributed by atoms with van der Waals surface area (Å²) in [5.74, 6) is 2.02. The van der Waals surface area contributed by atoms with Gasteiger partial charge in [0, 0.05) is 43.0 Å². The molecule has 0 spiro atoms.